The summed E-state index contributed by atoms with van der Waals surface area (Å²) in [5.41, 5.74) is 17.4. The molecule has 0 spiro atoms. The first-order valence-corrected chi connectivity index (χ1v) is 21.9. The molecule has 0 aliphatic rings. The van der Waals surface area contributed by atoms with E-state index in [4.69, 9.17) is 8.83 Å². The van der Waals surface area contributed by atoms with Gasteiger partial charge in [-0.2, -0.15) is 0 Å². The zero-order valence-electron chi connectivity index (χ0n) is 34.8. The molecule has 2 nitrogen and oxygen atoms in total. The Kier molecular flexibility index (Phi) is 8.25. The molecule has 0 aliphatic carbocycles. The summed E-state index contributed by atoms with van der Waals surface area (Å²) in [5, 5.41) is 9.22. The van der Waals surface area contributed by atoms with E-state index in [0.717, 1.165) is 77.3 Å². The van der Waals surface area contributed by atoms with Crippen LogP contribution >= 0.6 is 0 Å². The van der Waals surface area contributed by atoms with Crippen molar-refractivity contribution in [3.8, 4) is 66.8 Å². The second kappa shape index (κ2) is 14.6. The van der Waals surface area contributed by atoms with Gasteiger partial charge in [-0.1, -0.05) is 206 Å². The number of para-hydroxylation sites is 4. The number of rotatable bonds is 6. The molecule has 0 saturated carbocycles. The predicted octanol–water partition coefficient (Wildman–Crippen LogP) is 17.8. The van der Waals surface area contributed by atoms with Gasteiger partial charge < -0.3 is 8.83 Å². The summed E-state index contributed by atoms with van der Waals surface area (Å²) >= 11 is 0. The average Bonchev–Trinajstić information content (AvgIpc) is 3.95. The number of benzene rings is 11. The van der Waals surface area contributed by atoms with Gasteiger partial charge in [0.25, 0.3) is 0 Å². The van der Waals surface area contributed by atoms with Gasteiger partial charge in [0.1, 0.15) is 22.3 Å². The highest BCUT2D eigenvalue weighted by Gasteiger charge is 2.21. The van der Waals surface area contributed by atoms with E-state index in [-0.39, 0.29) is 0 Å². The molecule has 13 aromatic rings. The number of furan rings is 2. The molecule has 0 unspecified atom stereocenters. The monoisotopic (exact) mass is 814 g/mol. The van der Waals surface area contributed by atoms with E-state index in [1.54, 1.807) is 0 Å². The highest BCUT2D eigenvalue weighted by atomic mass is 16.3. The maximum Gasteiger partial charge on any atom is 0.143 e. The van der Waals surface area contributed by atoms with E-state index in [0.29, 0.717) is 0 Å². The molecule has 0 bridgehead atoms. The standard InChI is InChI=1S/C62H38O2/c1-3-13-39(14-4-1)41-25-29-43(30-26-41)59-51-35-33-46(48-20-12-22-54-50-18-8-10-24-58(50)64-62(48)54)38-56(51)60(44-31-27-42(28-32-44)40-15-5-2-6-16-40)52-36-34-45(37-55(52)59)47-19-11-21-53-49-17-7-9-23-57(49)63-61(47)53/h1-38H. The number of hydrogen-bond acceptors (Lipinski definition) is 2. The summed E-state index contributed by atoms with van der Waals surface area (Å²) < 4.78 is 13.3. The summed E-state index contributed by atoms with van der Waals surface area (Å²) in [5.74, 6) is 0. The molecule has 0 radical (unpaired) electrons. The molecule has 2 heteroatoms. The number of hydrogen-bond donors (Lipinski definition) is 0. The van der Waals surface area contributed by atoms with Crippen LogP contribution in [0.3, 0.4) is 0 Å². The molecule has 0 atom stereocenters. The van der Waals surface area contributed by atoms with Crippen LogP contribution in [0.15, 0.2) is 239 Å². The van der Waals surface area contributed by atoms with Crippen molar-refractivity contribution in [3.63, 3.8) is 0 Å². The first-order chi connectivity index (χ1) is 31.7. The normalized spacial score (nSPS) is 11.8. The van der Waals surface area contributed by atoms with Crippen molar-refractivity contribution in [2.75, 3.05) is 0 Å². The van der Waals surface area contributed by atoms with Crippen LogP contribution in [-0.2, 0) is 0 Å². The summed E-state index contributed by atoms with van der Waals surface area (Å²) in [6.07, 6.45) is 0. The second-order valence-corrected chi connectivity index (χ2v) is 16.7. The third kappa shape index (κ3) is 5.81. The molecule has 11 aromatic carbocycles. The van der Waals surface area contributed by atoms with E-state index in [1.807, 2.05) is 12.1 Å². The molecule has 0 amide bonds. The predicted molar refractivity (Wildman–Crippen MR) is 269 cm³/mol. The van der Waals surface area contributed by atoms with Crippen LogP contribution in [0.5, 0.6) is 0 Å². The molecule has 298 valence electrons. The topological polar surface area (TPSA) is 26.3 Å². The van der Waals surface area contributed by atoms with Gasteiger partial charge in [-0.05, 0) is 101 Å². The quantitative estimate of drug-likeness (QED) is 0.156. The summed E-state index contributed by atoms with van der Waals surface area (Å²) in [6, 6.07) is 83.1. The fourth-order valence-electron chi connectivity index (χ4n) is 10.1. The van der Waals surface area contributed by atoms with Crippen molar-refractivity contribution in [1.82, 2.24) is 0 Å². The third-order valence-corrected chi connectivity index (χ3v) is 13.1. The Morgan fingerprint density at radius 2 is 0.547 bits per heavy atom. The fourth-order valence-corrected chi connectivity index (χ4v) is 10.1. The SMILES string of the molecule is c1ccc(-c2ccc(-c3c4ccc(-c5cccc6c5oc5ccccc56)cc4c(-c4ccc(-c5ccccc5)cc4)c4ccc(-c5cccc6c5oc5ccccc56)cc34)cc2)cc1. The van der Waals surface area contributed by atoms with Gasteiger partial charge in [0.05, 0.1) is 0 Å². The third-order valence-electron chi connectivity index (χ3n) is 13.1. The van der Waals surface area contributed by atoms with Crippen LogP contribution in [0, 0.1) is 0 Å². The first kappa shape index (κ1) is 36.2. The van der Waals surface area contributed by atoms with E-state index >= 15 is 0 Å². The first-order valence-electron chi connectivity index (χ1n) is 21.9. The molecule has 0 fully saturated rings. The Labute approximate surface area is 369 Å². The maximum atomic E-state index is 6.63. The highest BCUT2D eigenvalue weighted by Crippen LogP contribution is 2.48. The Morgan fingerprint density at radius 1 is 0.203 bits per heavy atom. The highest BCUT2D eigenvalue weighted by molar-refractivity contribution is 6.23. The minimum absolute atomic E-state index is 0.895. The van der Waals surface area contributed by atoms with Crippen molar-refractivity contribution in [1.29, 1.82) is 0 Å². The van der Waals surface area contributed by atoms with Gasteiger partial charge in [0, 0.05) is 32.7 Å². The molecule has 0 aliphatic heterocycles. The minimum atomic E-state index is 0.895. The lowest BCUT2D eigenvalue weighted by Gasteiger charge is -2.20. The van der Waals surface area contributed by atoms with Gasteiger partial charge in [-0.15, -0.1) is 0 Å². The molecule has 2 aromatic heterocycles. The molecule has 0 saturated heterocycles. The Morgan fingerprint density at radius 3 is 0.984 bits per heavy atom. The Balaban J connectivity index is 1.11. The van der Waals surface area contributed by atoms with Gasteiger partial charge in [-0.3, -0.25) is 0 Å². The van der Waals surface area contributed by atoms with Crippen LogP contribution in [0.4, 0.5) is 0 Å². The van der Waals surface area contributed by atoms with E-state index in [9.17, 15) is 0 Å². The van der Waals surface area contributed by atoms with Crippen LogP contribution in [-0.4, -0.2) is 0 Å². The maximum absolute atomic E-state index is 6.63. The van der Waals surface area contributed by atoms with Crippen molar-refractivity contribution in [3.05, 3.63) is 231 Å². The second-order valence-electron chi connectivity index (χ2n) is 16.7. The Bertz CT molecular complexity index is 3650. The minimum Gasteiger partial charge on any atom is -0.455 e. The number of fused-ring (bicyclic) bond motifs is 8. The van der Waals surface area contributed by atoms with Gasteiger partial charge in [0.2, 0.25) is 0 Å². The Hall–Kier alpha value is -8.46. The summed E-state index contributed by atoms with van der Waals surface area (Å²) in [7, 11) is 0. The van der Waals surface area contributed by atoms with Crippen molar-refractivity contribution in [2.45, 2.75) is 0 Å². The zero-order chi connectivity index (χ0) is 42.1. The molecule has 13 rings (SSSR count). The van der Waals surface area contributed by atoms with Crippen LogP contribution in [0.2, 0.25) is 0 Å². The summed E-state index contributed by atoms with van der Waals surface area (Å²) in [4.78, 5) is 0. The lowest BCUT2D eigenvalue weighted by Crippen LogP contribution is -1.93. The van der Waals surface area contributed by atoms with Crippen LogP contribution in [0.25, 0.3) is 132 Å². The largest absolute Gasteiger partial charge is 0.455 e. The fraction of sp³-hybridized carbons (Fsp3) is 0. The molecule has 64 heavy (non-hydrogen) atoms. The molecule has 2 heterocycles. The molecular weight excluding hydrogens is 777 g/mol. The van der Waals surface area contributed by atoms with Gasteiger partial charge >= 0.3 is 0 Å². The van der Waals surface area contributed by atoms with Crippen LogP contribution < -0.4 is 0 Å². The van der Waals surface area contributed by atoms with E-state index < -0.39 is 0 Å². The smallest absolute Gasteiger partial charge is 0.143 e. The zero-order valence-corrected chi connectivity index (χ0v) is 34.8. The molecule has 0 N–H and O–H groups in total. The lowest BCUT2D eigenvalue weighted by atomic mass is 9.83. The van der Waals surface area contributed by atoms with Crippen molar-refractivity contribution >= 4 is 65.4 Å². The summed E-state index contributed by atoms with van der Waals surface area (Å²) in [6.45, 7) is 0. The van der Waals surface area contributed by atoms with E-state index in [1.165, 1.54) is 54.9 Å². The molecular formula is C62H38O2. The van der Waals surface area contributed by atoms with Gasteiger partial charge in [-0.25, -0.2) is 0 Å². The average molecular weight is 815 g/mol. The van der Waals surface area contributed by atoms with Crippen molar-refractivity contribution < 1.29 is 8.83 Å². The van der Waals surface area contributed by atoms with Gasteiger partial charge in [0.15, 0.2) is 0 Å². The van der Waals surface area contributed by atoms with Crippen LogP contribution in [0.1, 0.15) is 0 Å². The van der Waals surface area contributed by atoms with E-state index in [2.05, 4.69) is 218 Å². The lowest BCUT2D eigenvalue weighted by molar-refractivity contribution is 0.669. The van der Waals surface area contributed by atoms with Crippen molar-refractivity contribution in [2.24, 2.45) is 0 Å².